The van der Waals surface area contributed by atoms with Crippen molar-refractivity contribution in [1.82, 2.24) is 15.1 Å². The Morgan fingerprint density at radius 2 is 1.89 bits per heavy atom. The van der Waals surface area contributed by atoms with Crippen molar-refractivity contribution in [2.75, 3.05) is 18.8 Å². The second-order valence-corrected chi connectivity index (χ2v) is 7.98. The van der Waals surface area contributed by atoms with Crippen molar-refractivity contribution in [3.63, 3.8) is 0 Å². The van der Waals surface area contributed by atoms with E-state index in [1.165, 1.54) is 23.9 Å². The van der Waals surface area contributed by atoms with Crippen LogP contribution in [0.25, 0.3) is 11.5 Å². The largest absolute Gasteiger partial charge is 0.411 e. The molecule has 2 rings (SSSR count). The highest BCUT2D eigenvalue weighted by Crippen LogP contribution is 2.26. The van der Waals surface area contributed by atoms with Crippen LogP contribution in [0.2, 0.25) is 0 Å². The Kier molecular flexibility index (Phi) is 7.35. The summed E-state index contributed by atoms with van der Waals surface area (Å²) in [5.41, 5.74) is 0.421. The van der Waals surface area contributed by atoms with Crippen LogP contribution in [-0.4, -0.2) is 44.8 Å². The molecule has 0 fully saturated rings. The normalized spacial score (nSPS) is 11.2. The van der Waals surface area contributed by atoms with E-state index in [-0.39, 0.29) is 28.5 Å². The van der Waals surface area contributed by atoms with Gasteiger partial charge in [0.15, 0.2) is 0 Å². The van der Waals surface area contributed by atoms with Crippen molar-refractivity contribution in [2.24, 2.45) is 11.8 Å². The van der Waals surface area contributed by atoms with Crippen LogP contribution in [0.4, 0.5) is 5.69 Å². The highest BCUT2D eigenvalue weighted by molar-refractivity contribution is 7.99. The Morgan fingerprint density at radius 3 is 2.48 bits per heavy atom. The molecule has 0 aliphatic carbocycles. The fraction of sp³-hybridized carbons (Fsp3) is 0.500. The second-order valence-electron chi connectivity index (χ2n) is 7.06. The van der Waals surface area contributed by atoms with Crippen LogP contribution >= 0.6 is 11.8 Å². The summed E-state index contributed by atoms with van der Waals surface area (Å²) >= 11 is 1.17. The zero-order chi connectivity index (χ0) is 20.0. The first-order valence-corrected chi connectivity index (χ1v) is 9.73. The molecule has 0 saturated heterocycles. The molecule has 9 heteroatoms. The number of hydrogen-bond acceptors (Lipinski definition) is 7. The molecule has 0 radical (unpaired) electrons. The Bertz CT molecular complexity index is 781. The van der Waals surface area contributed by atoms with E-state index >= 15 is 0 Å². The standard InChI is InChI=1S/C18H24N4O4S/c1-12(2)9-21(10-13(3)4)16(23)11-27-18-20-19-17(26-18)14-6-5-7-15(8-14)22(24)25/h5-8,12-13H,9-11H2,1-4H3. The molecular weight excluding hydrogens is 368 g/mol. The number of carbonyl (C=O) groups is 1. The fourth-order valence-corrected chi connectivity index (χ4v) is 3.18. The van der Waals surface area contributed by atoms with Gasteiger partial charge in [0, 0.05) is 30.8 Å². The van der Waals surface area contributed by atoms with E-state index in [0.717, 1.165) is 0 Å². The van der Waals surface area contributed by atoms with Crippen LogP contribution in [0, 0.1) is 22.0 Å². The number of amides is 1. The predicted molar refractivity (Wildman–Crippen MR) is 103 cm³/mol. The number of rotatable bonds is 9. The van der Waals surface area contributed by atoms with Crippen molar-refractivity contribution < 1.29 is 14.1 Å². The first kappa shape index (κ1) is 20.9. The number of nitrogens with zero attached hydrogens (tertiary/aromatic N) is 4. The second kappa shape index (κ2) is 9.50. The molecule has 1 heterocycles. The molecule has 1 aromatic heterocycles. The van der Waals surface area contributed by atoms with Gasteiger partial charge in [-0.05, 0) is 17.9 Å². The summed E-state index contributed by atoms with van der Waals surface area (Å²) in [5, 5.41) is 19.0. The highest BCUT2D eigenvalue weighted by atomic mass is 32.2. The van der Waals surface area contributed by atoms with Crippen molar-refractivity contribution in [1.29, 1.82) is 0 Å². The van der Waals surface area contributed by atoms with Gasteiger partial charge in [-0.3, -0.25) is 14.9 Å². The smallest absolute Gasteiger partial charge is 0.277 e. The summed E-state index contributed by atoms with van der Waals surface area (Å²) in [4.78, 5) is 24.8. The summed E-state index contributed by atoms with van der Waals surface area (Å²) in [7, 11) is 0. The van der Waals surface area contributed by atoms with Crippen molar-refractivity contribution in [2.45, 2.75) is 32.9 Å². The molecule has 0 atom stereocenters. The molecule has 146 valence electrons. The van der Waals surface area contributed by atoms with Crippen LogP contribution in [0.3, 0.4) is 0 Å². The minimum Gasteiger partial charge on any atom is -0.411 e. The number of aromatic nitrogens is 2. The zero-order valence-corrected chi connectivity index (χ0v) is 16.7. The van der Waals surface area contributed by atoms with Crippen molar-refractivity contribution in [3.05, 3.63) is 34.4 Å². The van der Waals surface area contributed by atoms with Gasteiger partial charge in [0.05, 0.1) is 10.7 Å². The lowest BCUT2D eigenvalue weighted by Gasteiger charge is -2.26. The molecule has 27 heavy (non-hydrogen) atoms. The van der Waals surface area contributed by atoms with E-state index in [1.54, 1.807) is 12.1 Å². The predicted octanol–water partition coefficient (Wildman–Crippen LogP) is 3.88. The maximum atomic E-state index is 12.5. The SMILES string of the molecule is CC(C)CN(CC(C)C)C(=O)CSc1nnc(-c2cccc([N+](=O)[O-])c2)o1. The maximum absolute atomic E-state index is 12.5. The lowest BCUT2D eigenvalue weighted by Crippen LogP contribution is -2.38. The summed E-state index contributed by atoms with van der Waals surface area (Å²) in [5.74, 6) is 1.20. The average Bonchev–Trinajstić information content (AvgIpc) is 3.07. The van der Waals surface area contributed by atoms with Gasteiger partial charge in [-0.1, -0.05) is 45.5 Å². The summed E-state index contributed by atoms with van der Waals surface area (Å²) < 4.78 is 5.54. The van der Waals surface area contributed by atoms with Crippen LogP contribution < -0.4 is 0 Å². The van der Waals surface area contributed by atoms with Crippen LogP contribution in [-0.2, 0) is 4.79 Å². The first-order valence-electron chi connectivity index (χ1n) is 8.75. The third-order valence-corrected chi connectivity index (χ3v) is 4.36. The number of nitro groups is 1. The van der Waals surface area contributed by atoms with E-state index in [9.17, 15) is 14.9 Å². The molecule has 1 amide bonds. The van der Waals surface area contributed by atoms with Crippen LogP contribution in [0.1, 0.15) is 27.7 Å². The summed E-state index contributed by atoms with van der Waals surface area (Å²) in [6, 6.07) is 5.99. The van der Waals surface area contributed by atoms with Crippen LogP contribution in [0.5, 0.6) is 0 Å². The number of hydrogen-bond donors (Lipinski definition) is 0. The molecule has 0 saturated carbocycles. The van der Waals surface area contributed by atoms with Gasteiger partial charge in [-0.2, -0.15) is 0 Å². The average molecular weight is 392 g/mol. The van der Waals surface area contributed by atoms with E-state index in [1.807, 2.05) is 4.90 Å². The van der Waals surface area contributed by atoms with Gasteiger partial charge in [-0.25, -0.2) is 0 Å². The number of thioether (sulfide) groups is 1. The fourth-order valence-electron chi connectivity index (χ4n) is 2.51. The minimum atomic E-state index is -0.480. The van der Waals surface area contributed by atoms with Crippen molar-refractivity contribution in [3.8, 4) is 11.5 Å². The lowest BCUT2D eigenvalue weighted by molar-refractivity contribution is -0.384. The number of carbonyl (C=O) groups excluding carboxylic acids is 1. The third kappa shape index (κ3) is 6.35. The summed E-state index contributed by atoms with van der Waals surface area (Å²) in [6.45, 7) is 9.74. The minimum absolute atomic E-state index is 0.0255. The van der Waals surface area contributed by atoms with Crippen molar-refractivity contribution >= 4 is 23.4 Å². The summed E-state index contributed by atoms with van der Waals surface area (Å²) in [6.07, 6.45) is 0. The third-order valence-electron chi connectivity index (χ3n) is 3.55. The van der Waals surface area contributed by atoms with E-state index in [4.69, 9.17) is 4.42 Å². The van der Waals surface area contributed by atoms with Gasteiger partial charge in [0.1, 0.15) is 0 Å². The molecule has 0 aliphatic heterocycles. The molecule has 8 nitrogen and oxygen atoms in total. The van der Waals surface area contributed by atoms with Gasteiger partial charge < -0.3 is 9.32 Å². The Hall–Kier alpha value is -2.42. The first-order chi connectivity index (χ1) is 12.8. The van der Waals surface area contributed by atoms with Gasteiger partial charge in [-0.15, -0.1) is 10.2 Å². The Labute approximate surface area is 162 Å². The molecule has 0 spiro atoms. The number of nitro benzene ring substituents is 1. The quantitative estimate of drug-likeness (QED) is 0.362. The molecule has 2 aromatic rings. The van der Waals surface area contributed by atoms with Gasteiger partial charge in [0.25, 0.3) is 10.9 Å². The van der Waals surface area contributed by atoms with Gasteiger partial charge in [0.2, 0.25) is 11.8 Å². The van der Waals surface area contributed by atoms with E-state index < -0.39 is 4.92 Å². The number of non-ortho nitro benzene ring substituents is 1. The van der Waals surface area contributed by atoms with Gasteiger partial charge >= 0.3 is 0 Å². The zero-order valence-electron chi connectivity index (χ0n) is 15.9. The lowest BCUT2D eigenvalue weighted by atomic mass is 10.1. The molecule has 0 bridgehead atoms. The molecular formula is C18H24N4O4S. The molecule has 0 N–H and O–H groups in total. The number of benzene rings is 1. The van der Waals surface area contributed by atoms with E-state index in [2.05, 4.69) is 37.9 Å². The maximum Gasteiger partial charge on any atom is 0.277 e. The molecule has 1 aromatic carbocycles. The molecule has 0 unspecified atom stereocenters. The van der Waals surface area contributed by atoms with E-state index in [0.29, 0.717) is 30.5 Å². The highest BCUT2D eigenvalue weighted by Gasteiger charge is 2.19. The molecule has 0 aliphatic rings. The monoisotopic (exact) mass is 392 g/mol. The Morgan fingerprint density at radius 1 is 1.22 bits per heavy atom. The van der Waals surface area contributed by atoms with Crippen LogP contribution in [0.15, 0.2) is 33.9 Å². The topological polar surface area (TPSA) is 102 Å². The Balaban J connectivity index is 2.01.